The Hall–Kier alpha value is -1.22. The van der Waals surface area contributed by atoms with Crippen molar-refractivity contribution in [3.63, 3.8) is 0 Å². The first-order chi connectivity index (χ1) is 18.3. The maximum atomic E-state index is 13.2. The molecule has 1 saturated carbocycles. The SMILES string of the molecule is CC1(C)COCCN1Cc1ccc(-c2sc(C(=O)NC3CCOCC3)nc2CC2CCCCC2)c(Cl)c1Cl. The van der Waals surface area contributed by atoms with Crippen LogP contribution >= 0.6 is 34.5 Å². The Kier molecular flexibility index (Phi) is 9.33. The van der Waals surface area contributed by atoms with E-state index in [0.717, 1.165) is 54.1 Å². The van der Waals surface area contributed by atoms with Crippen LogP contribution in [0.1, 0.15) is 79.9 Å². The summed E-state index contributed by atoms with van der Waals surface area (Å²) in [6, 6.07) is 4.28. The molecule has 3 heterocycles. The fraction of sp³-hybridized carbons (Fsp3) is 0.655. The lowest BCUT2D eigenvalue weighted by atomic mass is 9.85. The quantitative estimate of drug-likeness (QED) is 0.392. The molecule has 3 aliphatic rings. The van der Waals surface area contributed by atoms with Gasteiger partial charge >= 0.3 is 0 Å². The van der Waals surface area contributed by atoms with Crippen LogP contribution in [0.2, 0.25) is 10.0 Å². The van der Waals surface area contributed by atoms with Gasteiger partial charge in [-0.2, -0.15) is 0 Å². The second-order valence-corrected chi connectivity index (χ2v) is 13.3. The molecule has 38 heavy (non-hydrogen) atoms. The van der Waals surface area contributed by atoms with Crippen molar-refractivity contribution in [1.82, 2.24) is 15.2 Å². The summed E-state index contributed by atoms with van der Waals surface area (Å²) >= 11 is 15.3. The number of halogens is 2. The smallest absolute Gasteiger partial charge is 0.280 e. The van der Waals surface area contributed by atoms with E-state index in [9.17, 15) is 4.79 Å². The highest BCUT2D eigenvalue weighted by molar-refractivity contribution is 7.17. The second kappa shape index (κ2) is 12.5. The number of ether oxygens (including phenoxy) is 2. The average Bonchev–Trinajstić information content (AvgIpc) is 3.32. The second-order valence-electron chi connectivity index (χ2n) is 11.5. The molecule has 6 nitrogen and oxygen atoms in total. The number of carbonyl (C=O) groups excluding carboxylic acids is 1. The highest BCUT2D eigenvalue weighted by Crippen LogP contribution is 2.42. The molecule has 1 amide bonds. The van der Waals surface area contributed by atoms with Crippen LogP contribution in [-0.4, -0.2) is 60.3 Å². The summed E-state index contributed by atoms with van der Waals surface area (Å²) in [6.07, 6.45) is 8.80. The van der Waals surface area contributed by atoms with Gasteiger partial charge in [-0.3, -0.25) is 9.69 Å². The number of hydrogen-bond donors (Lipinski definition) is 1. The number of nitrogens with zero attached hydrogens (tertiary/aromatic N) is 2. The van der Waals surface area contributed by atoms with E-state index < -0.39 is 0 Å². The van der Waals surface area contributed by atoms with Gasteiger partial charge in [0.25, 0.3) is 5.91 Å². The Labute approximate surface area is 240 Å². The molecule has 3 fully saturated rings. The Morgan fingerprint density at radius 1 is 1.08 bits per heavy atom. The predicted octanol–water partition coefficient (Wildman–Crippen LogP) is 6.76. The Bertz CT molecular complexity index is 1130. The number of hydrogen-bond acceptors (Lipinski definition) is 6. The van der Waals surface area contributed by atoms with Gasteiger partial charge in [0.2, 0.25) is 0 Å². The number of amides is 1. The highest BCUT2D eigenvalue weighted by atomic mass is 35.5. The van der Waals surface area contributed by atoms with Gasteiger partial charge < -0.3 is 14.8 Å². The first kappa shape index (κ1) is 28.3. The van der Waals surface area contributed by atoms with E-state index in [1.165, 1.54) is 43.4 Å². The first-order valence-electron chi connectivity index (χ1n) is 14.0. The van der Waals surface area contributed by atoms with Crippen molar-refractivity contribution in [2.24, 2.45) is 5.92 Å². The van der Waals surface area contributed by atoms with Crippen LogP contribution < -0.4 is 5.32 Å². The summed E-state index contributed by atoms with van der Waals surface area (Å²) in [5.41, 5.74) is 2.78. The first-order valence-corrected chi connectivity index (χ1v) is 15.6. The van der Waals surface area contributed by atoms with E-state index in [-0.39, 0.29) is 17.5 Å². The third-order valence-corrected chi connectivity index (χ3v) is 10.3. The summed E-state index contributed by atoms with van der Waals surface area (Å²) in [5.74, 6) is 0.486. The lowest BCUT2D eigenvalue weighted by molar-refractivity contribution is -0.0552. The minimum Gasteiger partial charge on any atom is -0.381 e. The largest absolute Gasteiger partial charge is 0.381 e. The molecule has 0 bridgehead atoms. The monoisotopic (exact) mass is 579 g/mol. The standard InChI is InChI=1S/C29H39Cl2N3O3S/c1-29(2)18-37-15-12-34(29)17-20-8-9-22(25(31)24(20)30)26-23(16-19-6-4-3-5-7-19)33-28(38-26)27(35)32-21-10-13-36-14-11-21/h8-9,19,21H,3-7,10-18H2,1-2H3,(H,32,35). The Morgan fingerprint density at radius 2 is 1.84 bits per heavy atom. The van der Waals surface area contributed by atoms with E-state index in [1.807, 2.05) is 0 Å². The molecule has 1 aromatic heterocycles. The van der Waals surface area contributed by atoms with Gasteiger partial charge in [-0.15, -0.1) is 11.3 Å². The van der Waals surface area contributed by atoms with Crippen LogP contribution in [0.25, 0.3) is 10.4 Å². The van der Waals surface area contributed by atoms with Gasteiger partial charge in [0.05, 0.1) is 33.8 Å². The van der Waals surface area contributed by atoms with E-state index in [4.69, 9.17) is 37.7 Å². The highest BCUT2D eigenvalue weighted by Gasteiger charge is 2.31. The number of aromatic nitrogens is 1. The summed E-state index contributed by atoms with van der Waals surface area (Å²) < 4.78 is 11.1. The number of thiazole rings is 1. The Balaban J connectivity index is 1.42. The number of carbonyl (C=O) groups is 1. The molecule has 0 atom stereocenters. The minimum atomic E-state index is -0.105. The molecule has 1 N–H and O–H groups in total. The minimum absolute atomic E-state index is 0.0652. The maximum absolute atomic E-state index is 13.2. The van der Waals surface area contributed by atoms with Crippen molar-refractivity contribution in [2.75, 3.05) is 33.0 Å². The molecule has 1 aliphatic carbocycles. The van der Waals surface area contributed by atoms with Gasteiger partial charge in [-0.1, -0.05) is 67.4 Å². The van der Waals surface area contributed by atoms with Gasteiger partial charge in [0.15, 0.2) is 5.01 Å². The van der Waals surface area contributed by atoms with Crippen LogP contribution in [0.4, 0.5) is 0 Å². The summed E-state index contributed by atoms with van der Waals surface area (Å²) in [5, 5.41) is 4.80. The predicted molar refractivity (Wildman–Crippen MR) is 154 cm³/mol. The molecule has 0 unspecified atom stereocenters. The summed E-state index contributed by atoms with van der Waals surface area (Å²) in [7, 11) is 0. The lowest BCUT2D eigenvalue weighted by Crippen LogP contribution is -2.52. The van der Waals surface area contributed by atoms with Gasteiger partial charge in [0.1, 0.15) is 0 Å². The van der Waals surface area contributed by atoms with E-state index in [2.05, 4.69) is 36.2 Å². The third-order valence-electron chi connectivity index (χ3n) is 8.24. The van der Waals surface area contributed by atoms with Crippen LogP contribution in [0.3, 0.4) is 0 Å². The molecule has 2 aliphatic heterocycles. The molecular formula is C29H39Cl2N3O3S. The molecule has 2 aromatic rings. The maximum Gasteiger partial charge on any atom is 0.280 e. The number of benzene rings is 1. The van der Waals surface area contributed by atoms with Crippen molar-refractivity contribution >= 4 is 40.4 Å². The molecule has 1 aromatic carbocycles. The lowest BCUT2D eigenvalue weighted by Gasteiger charge is -2.42. The van der Waals surface area contributed by atoms with E-state index >= 15 is 0 Å². The zero-order valence-corrected chi connectivity index (χ0v) is 24.8. The van der Waals surface area contributed by atoms with Gasteiger partial charge in [0, 0.05) is 43.4 Å². The van der Waals surface area contributed by atoms with Crippen molar-refractivity contribution < 1.29 is 14.3 Å². The normalized spacial score (nSPS) is 21.5. The number of morpholine rings is 1. The van der Waals surface area contributed by atoms with Gasteiger partial charge in [-0.25, -0.2) is 4.98 Å². The zero-order valence-electron chi connectivity index (χ0n) is 22.5. The Morgan fingerprint density at radius 3 is 2.58 bits per heavy atom. The van der Waals surface area contributed by atoms with Crippen molar-refractivity contribution in [3.8, 4) is 10.4 Å². The molecule has 9 heteroatoms. The molecular weight excluding hydrogens is 541 g/mol. The fourth-order valence-corrected chi connectivity index (χ4v) is 7.41. The third kappa shape index (κ3) is 6.56. The van der Waals surface area contributed by atoms with E-state index in [0.29, 0.717) is 47.3 Å². The van der Waals surface area contributed by atoms with Crippen LogP contribution in [0.15, 0.2) is 12.1 Å². The topological polar surface area (TPSA) is 63.7 Å². The number of rotatable bonds is 7. The van der Waals surface area contributed by atoms with Crippen molar-refractivity contribution in [1.29, 1.82) is 0 Å². The van der Waals surface area contributed by atoms with Crippen molar-refractivity contribution in [3.05, 3.63) is 38.4 Å². The molecule has 0 spiro atoms. The van der Waals surface area contributed by atoms with E-state index in [1.54, 1.807) is 0 Å². The van der Waals surface area contributed by atoms with Crippen LogP contribution in [0, 0.1) is 5.92 Å². The van der Waals surface area contributed by atoms with Gasteiger partial charge in [-0.05, 0) is 44.6 Å². The summed E-state index contributed by atoms with van der Waals surface area (Å²) in [4.78, 5) is 21.5. The molecule has 5 rings (SSSR count). The molecule has 2 saturated heterocycles. The van der Waals surface area contributed by atoms with Crippen LogP contribution in [-0.2, 0) is 22.4 Å². The average molecular weight is 581 g/mol. The molecule has 208 valence electrons. The molecule has 0 radical (unpaired) electrons. The van der Waals surface area contributed by atoms with Crippen LogP contribution in [0.5, 0.6) is 0 Å². The summed E-state index contributed by atoms with van der Waals surface area (Å²) in [6.45, 7) is 8.74. The number of nitrogens with one attached hydrogen (secondary N) is 1. The zero-order chi connectivity index (χ0) is 26.7. The van der Waals surface area contributed by atoms with Crippen molar-refractivity contribution in [2.45, 2.75) is 83.3 Å². The fourth-order valence-electron chi connectivity index (χ4n) is 5.83.